The van der Waals surface area contributed by atoms with Crippen LogP contribution in [0, 0.1) is 5.92 Å². The fourth-order valence-corrected chi connectivity index (χ4v) is 3.01. The van der Waals surface area contributed by atoms with Crippen molar-refractivity contribution >= 4 is 11.6 Å². The molecule has 0 aromatic heterocycles. The summed E-state index contributed by atoms with van der Waals surface area (Å²) in [4.78, 5) is 16.8. The van der Waals surface area contributed by atoms with Crippen molar-refractivity contribution in [3.05, 3.63) is 30.3 Å². The molecule has 2 atom stereocenters. The van der Waals surface area contributed by atoms with Gasteiger partial charge in [0.15, 0.2) is 0 Å². The Hall–Kier alpha value is -1.59. The molecule has 1 aliphatic heterocycles. The van der Waals surface area contributed by atoms with Crippen LogP contribution in [0.4, 0.5) is 5.69 Å². The molecule has 2 rings (SSSR count). The topological polar surface area (TPSA) is 61.6 Å². The van der Waals surface area contributed by atoms with Gasteiger partial charge in [0.2, 0.25) is 5.91 Å². The Kier molecular flexibility index (Phi) is 7.53. The van der Waals surface area contributed by atoms with Crippen LogP contribution in [0.5, 0.6) is 0 Å². The van der Waals surface area contributed by atoms with E-state index in [1.807, 2.05) is 6.92 Å². The lowest BCUT2D eigenvalue weighted by molar-refractivity contribution is -0.123. The summed E-state index contributed by atoms with van der Waals surface area (Å²) in [6.07, 6.45) is 1.91. The molecule has 1 aromatic carbocycles. The number of para-hydroxylation sites is 1. The molecule has 1 saturated heterocycles. The zero-order valence-electron chi connectivity index (χ0n) is 15.1. The SMILES string of the molecule is CCC(C)C(N)C(=O)NCCCN1CCN(c2ccccc2)CC1. The first kappa shape index (κ1) is 18.7. The number of nitrogens with zero attached hydrogens (tertiary/aromatic N) is 2. The molecular weight excluding hydrogens is 300 g/mol. The largest absolute Gasteiger partial charge is 0.369 e. The maximum atomic E-state index is 11.9. The Balaban J connectivity index is 1.60. The Morgan fingerprint density at radius 2 is 1.88 bits per heavy atom. The lowest BCUT2D eigenvalue weighted by Gasteiger charge is -2.36. The van der Waals surface area contributed by atoms with E-state index >= 15 is 0 Å². The highest BCUT2D eigenvalue weighted by molar-refractivity contribution is 5.81. The number of hydrogen-bond donors (Lipinski definition) is 2. The van der Waals surface area contributed by atoms with Gasteiger partial charge in [-0.1, -0.05) is 38.5 Å². The van der Waals surface area contributed by atoms with Crippen LogP contribution in [-0.4, -0.2) is 56.1 Å². The number of nitrogens with one attached hydrogen (secondary N) is 1. The molecule has 1 fully saturated rings. The van der Waals surface area contributed by atoms with E-state index in [0.29, 0.717) is 6.54 Å². The third-order valence-electron chi connectivity index (χ3n) is 5.00. The lowest BCUT2D eigenvalue weighted by Crippen LogP contribution is -2.48. The number of hydrogen-bond acceptors (Lipinski definition) is 4. The predicted molar refractivity (Wildman–Crippen MR) is 100 cm³/mol. The average Bonchev–Trinajstić information content (AvgIpc) is 2.65. The number of benzene rings is 1. The van der Waals surface area contributed by atoms with Gasteiger partial charge in [0.1, 0.15) is 0 Å². The maximum Gasteiger partial charge on any atom is 0.237 e. The summed E-state index contributed by atoms with van der Waals surface area (Å²) in [5.74, 6) is 0.217. The number of rotatable bonds is 8. The van der Waals surface area contributed by atoms with Crippen LogP contribution in [0.15, 0.2) is 30.3 Å². The zero-order valence-corrected chi connectivity index (χ0v) is 15.1. The first-order valence-corrected chi connectivity index (χ1v) is 9.17. The monoisotopic (exact) mass is 332 g/mol. The van der Waals surface area contributed by atoms with E-state index in [1.54, 1.807) is 0 Å². The summed E-state index contributed by atoms with van der Waals surface area (Å²) in [6.45, 7) is 10.1. The van der Waals surface area contributed by atoms with Crippen LogP contribution >= 0.6 is 0 Å². The van der Waals surface area contributed by atoms with Gasteiger partial charge in [-0.05, 0) is 31.0 Å². The average molecular weight is 332 g/mol. The second-order valence-electron chi connectivity index (χ2n) is 6.72. The van der Waals surface area contributed by atoms with E-state index in [9.17, 15) is 4.79 Å². The van der Waals surface area contributed by atoms with Crippen molar-refractivity contribution in [1.82, 2.24) is 10.2 Å². The molecule has 24 heavy (non-hydrogen) atoms. The van der Waals surface area contributed by atoms with Crippen LogP contribution in [0.3, 0.4) is 0 Å². The molecule has 1 amide bonds. The van der Waals surface area contributed by atoms with Gasteiger partial charge in [-0.25, -0.2) is 0 Å². The minimum absolute atomic E-state index is 0.0155. The van der Waals surface area contributed by atoms with Crippen molar-refractivity contribution in [2.45, 2.75) is 32.7 Å². The number of amides is 1. The second kappa shape index (κ2) is 9.64. The third kappa shape index (κ3) is 5.49. The van der Waals surface area contributed by atoms with E-state index in [4.69, 9.17) is 5.73 Å². The number of nitrogens with two attached hydrogens (primary N) is 1. The van der Waals surface area contributed by atoms with Gasteiger partial charge >= 0.3 is 0 Å². The number of piperazine rings is 1. The summed E-state index contributed by atoms with van der Waals surface area (Å²) in [5.41, 5.74) is 7.25. The van der Waals surface area contributed by atoms with Crippen molar-refractivity contribution in [2.75, 3.05) is 44.2 Å². The Labute approximate surface area is 146 Å². The standard InChI is InChI=1S/C19H32N4O/c1-3-16(2)18(20)19(24)21-10-7-11-22-12-14-23(15-13-22)17-8-5-4-6-9-17/h4-6,8-9,16,18H,3,7,10-15,20H2,1-2H3,(H,21,24). The van der Waals surface area contributed by atoms with Gasteiger partial charge in [-0.3, -0.25) is 9.69 Å². The van der Waals surface area contributed by atoms with Crippen molar-refractivity contribution in [3.8, 4) is 0 Å². The molecule has 3 N–H and O–H groups in total. The highest BCUT2D eigenvalue weighted by Gasteiger charge is 2.19. The number of carbonyl (C=O) groups is 1. The van der Waals surface area contributed by atoms with Crippen LogP contribution in [-0.2, 0) is 4.79 Å². The molecule has 2 unspecified atom stereocenters. The highest BCUT2D eigenvalue weighted by Crippen LogP contribution is 2.15. The Bertz CT molecular complexity index is 485. The van der Waals surface area contributed by atoms with Gasteiger partial charge in [0.05, 0.1) is 6.04 Å². The molecular formula is C19H32N4O. The normalized spacial score (nSPS) is 18.2. The fraction of sp³-hybridized carbons (Fsp3) is 0.632. The Morgan fingerprint density at radius 3 is 2.50 bits per heavy atom. The highest BCUT2D eigenvalue weighted by atomic mass is 16.2. The van der Waals surface area contributed by atoms with Crippen LogP contribution in [0.2, 0.25) is 0 Å². The smallest absolute Gasteiger partial charge is 0.237 e. The van der Waals surface area contributed by atoms with E-state index in [-0.39, 0.29) is 17.9 Å². The van der Waals surface area contributed by atoms with Gasteiger partial charge in [-0.2, -0.15) is 0 Å². The molecule has 134 valence electrons. The first-order chi connectivity index (χ1) is 11.6. The second-order valence-corrected chi connectivity index (χ2v) is 6.72. The summed E-state index contributed by atoms with van der Waals surface area (Å²) >= 11 is 0. The van der Waals surface area contributed by atoms with Crippen LogP contribution < -0.4 is 16.0 Å². The van der Waals surface area contributed by atoms with Gasteiger partial charge in [0, 0.05) is 38.4 Å². The molecule has 0 aliphatic carbocycles. The van der Waals surface area contributed by atoms with Crippen LogP contribution in [0.1, 0.15) is 26.7 Å². The quantitative estimate of drug-likeness (QED) is 0.711. The molecule has 0 bridgehead atoms. The fourth-order valence-electron chi connectivity index (χ4n) is 3.01. The third-order valence-corrected chi connectivity index (χ3v) is 5.00. The van der Waals surface area contributed by atoms with E-state index < -0.39 is 0 Å². The molecule has 0 spiro atoms. The molecule has 0 radical (unpaired) electrons. The summed E-state index contributed by atoms with van der Waals surface area (Å²) < 4.78 is 0. The minimum atomic E-state index is -0.385. The molecule has 1 aliphatic rings. The summed E-state index contributed by atoms with van der Waals surface area (Å²) in [7, 11) is 0. The molecule has 0 saturated carbocycles. The molecule has 1 aromatic rings. The van der Waals surface area contributed by atoms with Crippen molar-refractivity contribution < 1.29 is 4.79 Å². The number of carbonyl (C=O) groups excluding carboxylic acids is 1. The van der Waals surface area contributed by atoms with Gasteiger partial charge < -0.3 is 16.0 Å². The maximum absolute atomic E-state index is 11.9. The lowest BCUT2D eigenvalue weighted by atomic mass is 9.99. The van der Waals surface area contributed by atoms with Gasteiger partial charge in [-0.15, -0.1) is 0 Å². The first-order valence-electron chi connectivity index (χ1n) is 9.17. The molecule has 1 heterocycles. The summed E-state index contributed by atoms with van der Waals surface area (Å²) in [6, 6.07) is 10.2. The molecule has 5 nitrogen and oxygen atoms in total. The van der Waals surface area contributed by atoms with Crippen LogP contribution in [0.25, 0.3) is 0 Å². The van der Waals surface area contributed by atoms with E-state index in [1.165, 1.54) is 5.69 Å². The Morgan fingerprint density at radius 1 is 1.21 bits per heavy atom. The van der Waals surface area contributed by atoms with E-state index in [2.05, 4.69) is 52.4 Å². The number of anilines is 1. The van der Waals surface area contributed by atoms with Crippen molar-refractivity contribution in [3.63, 3.8) is 0 Å². The van der Waals surface area contributed by atoms with E-state index in [0.717, 1.165) is 45.6 Å². The molecule has 5 heteroatoms. The minimum Gasteiger partial charge on any atom is -0.369 e. The van der Waals surface area contributed by atoms with Gasteiger partial charge in [0.25, 0.3) is 0 Å². The zero-order chi connectivity index (χ0) is 17.4. The van der Waals surface area contributed by atoms with Crippen molar-refractivity contribution in [1.29, 1.82) is 0 Å². The predicted octanol–water partition coefficient (Wildman–Crippen LogP) is 1.69. The summed E-state index contributed by atoms with van der Waals surface area (Å²) in [5, 5.41) is 2.97. The van der Waals surface area contributed by atoms with Crippen molar-refractivity contribution in [2.24, 2.45) is 11.7 Å².